The lowest BCUT2D eigenvalue weighted by molar-refractivity contribution is 0.172. The topological polar surface area (TPSA) is 64.7 Å². The van der Waals surface area contributed by atoms with E-state index in [2.05, 4.69) is 53.5 Å². The molecule has 0 amide bonds. The molecule has 1 saturated carbocycles. The van der Waals surface area contributed by atoms with Crippen molar-refractivity contribution < 1.29 is 14.0 Å². The molecule has 5 heterocycles. The molecule has 2 unspecified atom stereocenters. The Bertz CT molecular complexity index is 2810. The molecule has 296 valence electrons. The number of aromatic nitrogens is 4. The van der Waals surface area contributed by atoms with Crippen LogP contribution in [-0.4, -0.2) is 19.9 Å². The second-order valence-electron chi connectivity index (χ2n) is 16.4. The van der Waals surface area contributed by atoms with Gasteiger partial charge in [0.05, 0.1) is 17.1 Å². The maximum absolute atomic E-state index is 9.43. The number of hydrogen-bond acceptors (Lipinski definition) is 5. The van der Waals surface area contributed by atoms with E-state index in [1.165, 1.54) is 17.2 Å². The average Bonchev–Trinajstić information content (AvgIpc) is 3.70. The Hall–Kier alpha value is -5.94. The van der Waals surface area contributed by atoms with Crippen molar-refractivity contribution in [3.05, 3.63) is 168 Å². The van der Waals surface area contributed by atoms with Crippen LogP contribution in [0, 0.1) is 24.7 Å². The van der Waals surface area contributed by atoms with Crippen LogP contribution in [0.2, 0.25) is 0 Å². The summed E-state index contributed by atoms with van der Waals surface area (Å²) in [7, 11) is 0. The Morgan fingerprint density at radius 2 is 1.20 bits per heavy atom. The van der Waals surface area contributed by atoms with Crippen LogP contribution in [0.4, 0.5) is 0 Å². The monoisotopic (exact) mass is 781 g/mol. The molecular formula is C54H54N4O. The summed E-state index contributed by atoms with van der Waals surface area (Å²) in [5.41, 5.74) is 9.64. The summed E-state index contributed by atoms with van der Waals surface area (Å²) in [6.07, 6.45) is 13.7. The number of benzene rings is 3. The van der Waals surface area contributed by atoms with Gasteiger partial charge in [0.1, 0.15) is 5.58 Å². The highest BCUT2D eigenvalue weighted by atomic mass is 16.3. The van der Waals surface area contributed by atoms with Gasteiger partial charge in [-0.05, 0) is 147 Å². The van der Waals surface area contributed by atoms with E-state index in [0.717, 1.165) is 83.9 Å². The van der Waals surface area contributed by atoms with Gasteiger partial charge >= 0.3 is 0 Å². The molecule has 8 aromatic rings. The molecule has 0 aliphatic heterocycles. The molecule has 5 aromatic heterocycles. The largest absolute Gasteiger partial charge is 0.437 e. The number of para-hydroxylation sites is 1. The third kappa shape index (κ3) is 8.90. The smallest absolute Gasteiger partial charge is 0.227 e. The van der Waals surface area contributed by atoms with Crippen LogP contribution in [0.1, 0.15) is 95.7 Å². The zero-order chi connectivity index (χ0) is 46.1. The minimum absolute atomic E-state index is 0.0450. The minimum atomic E-state index is -3.16. The molecule has 1 aliphatic carbocycles. The first-order chi connectivity index (χ1) is 31.7. The van der Waals surface area contributed by atoms with E-state index in [0.29, 0.717) is 58.7 Å². The van der Waals surface area contributed by atoms with Crippen molar-refractivity contribution in [3.8, 4) is 33.8 Å². The van der Waals surface area contributed by atoms with E-state index in [1.807, 2.05) is 86.0 Å². The highest BCUT2D eigenvalue weighted by molar-refractivity contribution is 6.08. The number of pyridine rings is 4. The molecule has 3 aromatic carbocycles. The number of hydrogen-bond donors (Lipinski definition) is 0. The molecule has 5 heteroatoms. The van der Waals surface area contributed by atoms with Crippen LogP contribution in [0.25, 0.3) is 55.8 Å². The van der Waals surface area contributed by atoms with Crippen molar-refractivity contribution in [2.24, 2.45) is 17.8 Å². The fourth-order valence-electron chi connectivity index (χ4n) is 9.25. The van der Waals surface area contributed by atoms with Gasteiger partial charge in [-0.2, -0.15) is 0 Å². The first-order valence-electron chi connectivity index (χ1n) is 24.5. The predicted octanol–water partition coefficient (Wildman–Crippen LogP) is 13.8. The van der Waals surface area contributed by atoms with Crippen LogP contribution >= 0.6 is 0 Å². The van der Waals surface area contributed by atoms with Crippen LogP contribution in [-0.2, 0) is 19.3 Å². The Morgan fingerprint density at radius 1 is 0.610 bits per heavy atom. The van der Waals surface area contributed by atoms with Gasteiger partial charge in [-0.3, -0.25) is 15.0 Å². The van der Waals surface area contributed by atoms with E-state index < -0.39 is 19.6 Å². The number of aryl methyl sites for hydroxylation is 4. The molecule has 1 fully saturated rings. The molecule has 5 nitrogen and oxygen atoms in total. The summed E-state index contributed by atoms with van der Waals surface area (Å²) in [4.78, 5) is 19.0. The molecule has 0 saturated heterocycles. The second-order valence-corrected chi connectivity index (χ2v) is 16.4. The number of nitrogens with zero attached hydrogens (tertiary/aromatic N) is 4. The Labute approximate surface area is 358 Å². The van der Waals surface area contributed by atoms with Gasteiger partial charge in [-0.1, -0.05) is 98.6 Å². The zero-order valence-electron chi connectivity index (χ0n) is 40.6. The third-order valence-corrected chi connectivity index (χ3v) is 12.3. The van der Waals surface area contributed by atoms with Crippen LogP contribution < -0.4 is 0 Å². The molecular weight excluding hydrogens is 721 g/mol. The lowest BCUT2D eigenvalue weighted by atomic mass is 9.70. The van der Waals surface area contributed by atoms with Crippen LogP contribution in [0.3, 0.4) is 0 Å². The van der Waals surface area contributed by atoms with Gasteiger partial charge in [0.2, 0.25) is 5.71 Å². The van der Waals surface area contributed by atoms with Gasteiger partial charge in [0.15, 0.2) is 0 Å². The van der Waals surface area contributed by atoms with Crippen molar-refractivity contribution in [1.82, 2.24) is 19.9 Å². The van der Waals surface area contributed by atoms with Crippen molar-refractivity contribution in [1.29, 1.82) is 0 Å². The summed E-state index contributed by atoms with van der Waals surface area (Å²) in [5.74, 6) is -1.68. The quantitative estimate of drug-likeness (QED) is 0.117. The van der Waals surface area contributed by atoms with E-state index in [-0.39, 0.29) is 5.56 Å². The molecule has 0 N–H and O–H groups in total. The summed E-state index contributed by atoms with van der Waals surface area (Å²) in [6.45, 7) is -4.44. The van der Waals surface area contributed by atoms with E-state index in [1.54, 1.807) is 6.20 Å². The Morgan fingerprint density at radius 3 is 1.78 bits per heavy atom. The molecule has 0 spiro atoms. The summed E-state index contributed by atoms with van der Waals surface area (Å²) < 4.78 is 66.9. The van der Waals surface area contributed by atoms with Gasteiger partial charge < -0.3 is 4.42 Å². The predicted molar refractivity (Wildman–Crippen MR) is 242 cm³/mol. The van der Waals surface area contributed by atoms with E-state index >= 15 is 0 Å². The van der Waals surface area contributed by atoms with Gasteiger partial charge in [-0.25, -0.2) is 4.98 Å². The van der Waals surface area contributed by atoms with E-state index in [4.69, 9.17) is 27.6 Å². The molecule has 9 rings (SSSR count). The SMILES string of the molecule is [2H]C([2H])([2H])C([2H])(c1cc(-c2cccc3c2oc2nc(C)ccc23)ncc1CCC1CC(CCc2ccc(-c3ccccc3)nc2)CC(CCc2ccc(-c3ccccc3)nc2)C1)C([2H])([2H])[2H]. The maximum Gasteiger partial charge on any atom is 0.227 e. The summed E-state index contributed by atoms with van der Waals surface area (Å²) >= 11 is 0. The summed E-state index contributed by atoms with van der Waals surface area (Å²) in [5, 5.41) is 1.64. The van der Waals surface area contributed by atoms with Gasteiger partial charge in [0, 0.05) is 61.3 Å². The fraction of sp³-hybridized carbons (Fsp3) is 0.296. The zero-order valence-corrected chi connectivity index (χ0v) is 33.6. The average molecular weight is 782 g/mol. The van der Waals surface area contributed by atoms with Crippen molar-refractivity contribution >= 4 is 22.1 Å². The maximum atomic E-state index is 9.43. The molecule has 2 atom stereocenters. The Kier molecular flexibility index (Phi) is 9.21. The number of fused-ring (bicyclic) bond motifs is 3. The molecule has 1 aliphatic rings. The van der Waals surface area contributed by atoms with Crippen molar-refractivity contribution in [2.45, 2.75) is 84.3 Å². The normalized spacial score (nSPS) is 19.3. The lowest BCUT2D eigenvalue weighted by Crippen LogP contribution is -2.24. The molecule has 0 bridgehead atoms. The second kappa shape index (κ2) is 17.5. The van der Waals surface area contributed by atoms with Crippen molar-refractivity contribution in [3.63, 3.8) is 0 Å². The fourth-order valence-corrected chi connectivity index (χ4v) is 9.25. The highest BCUT2D eigenvalue weighted by Crippen LogP contribution is 2.41. The first-order valence-corrected chi connectivity index (χ1v) is 21.0. The van der Waals surface area contributed by atoms with Gasteiger partial charge in [-0.15, -0.1) is 0 Å². The highest BCUT2D eigenvalue weighted by Gasteiger charge is 2.29. The minimum Gasteiger partial charge on any atom is -0.437 e. The molecule has 0 radical (unpaired) electrons. The van der Waals surface area contributed by atoms with E-state index in [9.17, 15) is 1.37 Å². The summed E-state index contributed by atoms with van der Waals surface area (Å²) in [6, 6.07) is 40.0. The molecule has 59 heavy (non-hydrogen) atoms. The van der Waals surface area contributed by atoms with Crippen LogP contribution in [0.15, 0.2) is 144 Å². The lowest BCUT2D eigenvalue weighted by Gasteiger charge is -2.35. The standard InChI is InChI=1S/C54H54N4O/c1-36(2)49-32-52(48-16-10-15-46-47-26-17-37(3)58-54(47)59-53(46)48)57-35-45(49)25-22-42-30-40(20-18-38-23-27-50(55-33-38)43-11-6-4-7-12-43)29-41(31-42)21-19-39-24-28-51(56-34-39)44-13-8-5-9-14-44/h4-17,23-24,26-28,32-36,40-42H,18-22,25,29-31H2,1-3H3/i1D3,2D3,36D. The number of furan rings is 1. The third-order valence-electron chi connectivity index (χ3n) is 12.3. The van der Waals surface area contributed by atoms with Gasteiger partial charge in [0.25, 0.3) is 0 Å². The van der Waals surface area contributed by atoms with Crippen molar-refractivity contribution in [2.75, 3.05) is 0 Å². The first kappa shape index (κ1) is 31.0. The Balaban J connectivity index is 0.985. The van der Waals surface area contributed by atoms with Crippen LogP contribution in [0.5, 0.6) is 0 Å². The number of rotatable bonds is 13.